The van der Waals surface area contributed by atoms with Crippen LogP contribution >= 0.6 is 0 Å². The molecule has 4 aliphatic rings. The molecule has 0 unspecified atom stereocenters. The number of carbonyl (C=O) groups excluding carboxylic acids is 1. The Morgan fingerprint density at radius 3 is 2.67 bits per heavy atom. The largest absolute Gasteiger partial charge is 0.454 e. The third-order valence-electron chi connectivity index (χ3n) is 7.33. The second-order valence-corrected chi connectivity index (χ2v) is 9.11. The summed E-state index contributed by atoms with van der Waals surface area (Å²) in [6.45, 7) is 4.34. The number of benzene rings is 1. The van der Waals surface area contributed by atoms with Crippen LogP contribution in [0.25, 0.3) is 0 Å². The van der Waals surface area contributed by atoms with E-state index in [1.807, 2.05) is 24.5 Å². The van der Waals surface area contributed by atoms with E-state index < -0.39 is 0 Å². The van der Waals surface area contributed by atoms with Gasteiger partial charge in [-0.1, -0.05) is 6.07 Å². The van der Waals surface area contributed by atoms with Crippen LogP contribution in [-0.2, 0) is 12.1 Å². The normalized spacial score (nSPS) is 22.0. The number of rotatable bonds is 5. The average molecular weight is 405 g/mol. The van der Waals surface area contributed by atoms with Crippen molar-refractivity contribution in [1.29, 1.82) is 0 Å². The van der Waals surface area contributed by atoms with Crippen molar-refractivity contribution in [2.45, 2.75) is 44.2 Å². The van der Waals surface area contributed by atoms with Crippen molar-refractivity contribution >= 4 is 5.91 Å². The molecule has 4 heterocycles. The van der Waals surface area contributed by atoms with Gasteiger partial charge in [0, 0.05) is 31.0 Å². The number of nitrogens with zero attached hydrogens (tertiary/aromatic N) is 3. The van der Waals surface area contributed by atoms with E-state index in [4.69, 9.17) is 9.47 Å². The first-order valence-corrected chi connectivity index (χ1v) is 11.1. The molecule has 3 aliphatic heterocycles. The maximum atomic E-state index is 13.2. The molecular formula is C24H27N3O3. The summed E-state index contributed by atoms with van der Waals surface area (Å²) < 4.78 is 11.1. The van der Waals surface area contributed by atoms with Gasteiger partial charge in [0.25, 0.3) is 5.91 Å². The lowest BCUT2D eigenvalue weighted by Gasteiger charge is -2.33. The minimum atomic E-state index is -0.0750. The highest BCUT2D eigenvalue weighted by atomic mass is 16.7. The quantitative estimate of drug-likeness (QED) is 0.761. The van der Waals surface area contributed by atoms with Crippen LogP contribution in [-0.4, -0.2) is 47.1 Å². The van der Waals surface area contributed by atoms with Crippen LogP contribution in [0.1, 0.15) is 53.6 Å². The molecule has 1 aromatic heterocycles. The molecule has 1 saturated carbocycles. The standard InChI is InChI=1S/C24H27N3O3/c28-23-19-12-21-22(30-16-29-21)13-20(19)24(6-7-24)27(23)11-5-17-3-9-26(10-4-17)15-18-2-1-8-25-14-18/h1-2,8,12-14,17H,3-7,9-11,15-16H2. The average Bonchev–Trinajstić information content (AvgIpc) is 3.38. The molecule has 2 aromatic rings. The Hall–Kier alpha value is -2.60. The number of likely N-dealkylation sites (tertiary alicyclic amines) is 1. The van der Waals surface area contributed by atoms with Crippen LogP contribution in [0.4, 0.5) is 0 Å². The van der Waals surface area contributed by atoms with E-state index >= 15 is 0 Å². The van der Waals surface area contributed by atoms with E-state index in [1.165, 1.54) is 18.4 Å². The number of carbonyl (C=O) groups is 1. The van der Waals surface area contributed by atoms with Crippen molar-refractivity contribution in [3.8, 4) is 11.5 Å². The molecule has 1 spiro atoms. The van der Waals surface area contributed by atoms with E-state index in [2.05, 4.69) is 26.9 Å². The Balaban J connectivity index is 1.08. The molecule has 0 N–H and O–H groups in total. The second kappa shape index (κ2) is 6.98. The van der Waals surface area contributed by atoms with Gasteiger partial charge in [0.15, 0.2) is 11.5 Å². The van der Waals surface area contributed by atoms with Gasteiger partial charge in [-0.15, -0.1) is 0 Å². The Bertz CT molecular complexity index is 965. The van der Waals surface area contributed by atoms with Crippen LogP contribution in [0.5, 0.6) is 11.5 Å². The minimum Gasteiger partial charge on any atom is -0.454 e. The number of hydrogen-bond acceptors (Lipinski definition) is 5. The number of fused-ring (bicyclic) bond motifs is 3. The van der Waals surface area contributed by atoms with E-state index in [-0.39, 0.29) is 18.2 Å². The van der Waals surface area contributed by atoms with Crippen molar-refractivity contribution in [2.75, 3.05) is 26.4 Å². The summed E-state index contributed by atoms with van der Waals surface area (Å²) in [6.07, 6.45) is 9.42. The molecule has 0 radical (unpaired) electrons. The lowest BCUT2D eigenvalue weighted by Crippen LogP contribution is -2.37. The summed E-state index contributed by atoms with van der Waals surface area (Å²) in [6, 6.07) is 8.11. The number of aromatic nitrogens is 1. The SMILES string of the molecule is O=C1c2cc3c(cc2C2(CC2)N1CCC1CCN(Cc2cccnc2)CC1)OCO3. The van der Waals surface area contributed by atoms with Crippen molar-refractivity contribution < 1.29 is 14.3 Å². The summed E-state index contributed by atoms with van der Waals surface area (Å²) in [5.74, 6) is 2.37. The highest BCUT2D eigenvalue weighted by Gasteiger charge is 2.58. The van der Waals surface area contributed by atoms with Gasteiger partial charge in [-0.25, -0.2) is 0 Å². The topological polar surface area (TPSA) is 54.9 Å². The Kier molecular flexibility index (Phi) is 4.23. The molecule has 2 fully saturated rings. The molecule has 0 atom stereocenters. The summed E-state index contributed by atoms with van der Waals surface area (Å²) >= 11 is 0. The van der Waals surface area contributed by atoms with E-state index in [0.717, 1.165) is 62.3 Å². The zero-order valence-corrected chi connectivity index (χ0v) is 17.2. The molecule has 6 heteroatoms. The first-order chi connectivity index (χ1) is 14.7. The third-order valence-corrected chi connectivity index (χ3v) is 7.33. The van der Waals surface area contributed by atoms with Gasteiger partial charge < -0.3 is 14.4 Å². The Morgan fingerprint density at radius 2 is 1.93 bits per heavy atom. The molecule has 6 nitrogen and oxygen atoms in total. The second-order valence-electron chi connectivity index (χ2n) is 9.11. The van der Waals surface area contributed by atoms with Crippen LogP contribution in [0.15, 0.2) is 36.7 Å². The molecule has 1 aromatic carbocycles. The van der Waals surface area contributed by atoms with Gasteiger partial charge in [0.1, 0.15) is 0 Å². The molecule has 156 valence electrons. The monoisotopic (exact) mass is 405 g/mol. The highest BCUT2D eigenvalue weighted by molar-refractivity contribution is 6.01. The molecule has 0 bridgehead atoms. The lowest BCUT2D eigenvalue weighted by atomic mass is 9.93. The first-order valence-electron chi connectivity index (χ1n) is 11.1. The van der Waals surface area contributed by atoms with Crippen molar-refractivity contribution in [1.82, 2.24) is 14.8 Å². The first kappa shape index (κ1) is 18.2. The van der Waals surface area contributed by atoms with Gasteiger partial charge in [-0.2, -0.15) is 0 Å². The van der Waals surface area contributed by atoms with Gasteiger partial charge in [0.05, 0.1) is 5.54 Å². The maximum Gasteiger partial charge on any atom is 0.255 e. The number of pyridine rings is 1. The smallest absolute Gasteiger partial charge is 0.255 e. The van der Waals surface area contributed by atoms with Gasteiger partial charge in [-0.05, 0) is 80.4 Å². The minimum absolute atomic E-state index is 0.0750. The maximum absolute atomic E-state index is 13.2. The summed E-state index contributed by atoms with van der Waals surface area (Å²) in [4.78, 5) is 22.1. The van der Waals surface area contributed by atoms with Gasteiger partial charge >= 0.3 is 0 Å². The van der Waals surface area contributed by atoms with Crippen LogP contribution < -0.4 is 9.47 Å². The molecule has 1 aliphatic carbocycles. The third kappa shape index (κ3) is 2.97. The van der Waals surface area contributed by atoms with Crippen molar-refractivity contribution in [2.24, 2.45) is 5.92 Å². The molecule has 6 rings (SSSR count). The fourth-order valence-electron chi connectivity index (χ4n) is 5.46. The zero-order valence-electron chi connectivity index (χ0n) is 17.2. The zero-order chi connectivity index (χ0) is 20.1. The number of hydrogen-bond donors (Lipinski definition) is 0. The number of ether oxygens (including phenoxy) is 2. The number of piperidine rings is 1. The summed E-state index contributed by atoms with van der Waals surface area (Å²) in [5.41, 5.74) is 3.19. The van der Waals surface area contributed by atoms with Gasteiger partial charge in [-0.3, -0.25) is 14.7 Å². The van der Waals surface area contributed by atoms with Crippen molar-refractivity contribution in [3.05, 3.63) is 53.3 Å². The highest BCUT2D eigenvalue weighted by Crippen LogP contribution is 2.58. The van der Waals surface area contributed by atoms with E-state index in [0.29, 0.717) is 11.7 Å². The molecule has 1 amide bonds. The van der Waals surface area contributed by atoms with Gasteiger partial charge in [0.2, 0.25) is 6.79 Å². The van der Waals surface area contributed by atoms with E-state index in [1.54, 1.807) is 0 Å². The fourth-order valence-corrected chi connectivity index (χ4v) is 5.46. The van der Waals surface area contributed by atoms with Crippen LogP contribution in [0.2, 0.25) is 0 Å². The summed E-state index contributed by atoms with van der Waals surface area (Å²) in [7, 11) is 0. The van der Waals surface area contributed by atoms with Crippen molar-refractivity contribution in [3.63, 3.8) is 0 Å². The predicted molar refractivity (Wildman–Crippen MR) is 111 cm³/mol. The van der Waals surface area contributed by atoms with Crippen LogP contribution in [0.3, 0.4) is 0 Å². The molecule has 30 heavy (non-hydrogen) atoms. The Morgan fingerprint density at radius 1 is 1.13 bits per heavy atom. The molecular weight excluding hydrogens is 378 g/mol. The molecule has 1 saturated heterocycles. The van der Waals surface area contributed by atoms with E-state index in [9.17, 15) is 4.79 Å². The van der Waals surface area contributed by atoms with Crippen LogP contribution in [0, 0.1) is 5.92 Å². The fraction of sp³-hybridized carbons (Fsp3) is 0.500. The summed E-state index contributed by atoms with van der Waals surface area (Å²) in [5, 5.41) is 0. The number of amides is 1. The predicted octanol–water partition coefficient (Wildman–Crippen LogP) is 3.56. The lowest BCUT2D eigenvalue weighted by molar-refractivity contribution is 0.0671. The Labute approximate surface area is 176 Å².